The fourth-order valence-electron chi connectivity index (χ4n) is 2.71. The molecule has 0 saturated carbocycles. The summed E-state index contributed by atoms with van der Waals surface area (Å²) in [4.78, 5) is 24.1. The van der Waals surface area contributed by atoms with Crippen LogP contribution in [0.2, 0.25) is 5.02 Å². The van der Waals surface area contributed by atoms with Crippen molar-refractivity contribution in [2.45, 2.75) is 6.42 Å². The Morgan fingerprint density at radius 3 is 2.83 bits per heavy atom. The van der Waals surface area contributed by atoms with E-state index in [9.17, 15) is 4.79 Å². The van der Waals surface area contributed by atoms with Crippen molar-refractivity contribution in [3.63, 3.8) is 0 Å². The molecule has 1 aromatic carbocycles. The summed E-state index contributed by atoms with van der Waals surface area (Å²) in [5.41, 5.74) is 3.95. The molecule has 0 fully saturated rings. The van der Waals surface area contributed by atoms with Gasteiger partial charge in [0.15, 0.2) is 5.82 Å². The van der Waals surface area contributed by atoms with Crippen LogP contribution in [0.25, 0.3) is 22.8 Å². The highest BCUT2D eigenvalue weighted by molar-refractivity contribution is 6.33. The molecule has 0 saturated heterocycles. The second kappa shape index (κ2) is 5.52. The van der Waals surface area contributed by atoms with E-state index in [1.54, 1.807) is 6.20 Å². The number of aromatic amines is 1. The van der Waals surface area contributed by atoms with Crippen LogP contribution in [0.3, 0.4) is 0 Å². The summed E-state index contributed by atoms with van der Waals surface area (Å²) in [6.45, 7) is 0.653. The molecule has 0 aliphatic carbocycles. The number of amides is 1. The second-order valence-electron chi connectivity index (χ2n) is 5.33. The zero-order valence-electron chi connectivity index (χ0n) is 12.1. The van der Waals surface area contributed by atoms with E-state index in [-0.39, 0.29) is 5.91 Å². The highest BCUT2D eigenvalue weighted by atomic mass is 35.5. The molecule has 0 spiro atoms. The molecule has 3 aromatic rings. The van der Waals surface area contributed by atoms with Crippen LogP contribution in [-0.4, -0.2) is 27.4 Å². The second-order valence-corrected chi connectivity index (χ2v) is 5.73. The molecule has 114 valence electrons. The predicted molar refractivity (Wildman–Crippen MR) is 88.3 cm³/mol. The molecular weight excluding hydrogens is 312 g/mol. The first kappa shape index (κ1) is 14.0. The van der Waals surface area contributed by atoms with Gasteiger partial charge in [0.1, 0.15) is 0 Å². The number of fused-ring (bicyclic) bond motifs is 1. The van der Waals surface area contributed by atoms with Crippen LogP contribution >= 0.6 is 11.6 Å². The molecule has 5 nitrogen and oxygen atoms in total. The highest BCUT2D eigenvalue weighted by Crippen LogP contribution is 2.27. The number of benzene rings is 1. The number of nitrogens with zero attached hydrogens (tertiary/aromatic N) is 2. The number of rotatable bonds is 2. The van der Waals surface area contributed by atoms with Gasteiger partial charge in [-0.15, -0.1) is 0 Å². The Morgan fingerprint density at radius 2 is 2.00 bits per heavy atom. The molecule has 0 unspecified atom stereocenters. The van der Waals surface area contributed by atoms with Gasteiger partial charge in [0, 0.05) is 30.4 Å². The van der Waals surface area contributed by atoms with Gasteiger partial charge in [-0.25, -0.2) is 9.97 Å². The number of aromatic nitrogens is 3. The Bertz CT molecular complexity index is 903. The lowest BCUT2D eigenvalue weighted by Crippen LogP contribution is -2.31. The lowest BCUT2D eigenvalue weighted by molar-refractivity contribution is 0.0946. The molecule has 2 N–H and O–H groups in total. The first-order valence-corrected chi connectivity index (χ1v) is 7.68. The maximum atomic E-state index is 11.9. The summed E-state index contributed by atoms with van der Waals surface area (Å²) in [5, 5.41) is 3.44. The quantitative estimate of drug-likeness (QED) is 0.761. The molecule has 0 radical (unpaired) electrons. The van der Waals surface area contributed by atoms with E-state index in [1.807, 2.05) is 36.4 Å². The van der Waals surface area contributed by atoms with Crippen molar-refractivity contribution in [1.29, 1.82) is 0 Å². The SMILES string of the molecule is O=C1NCCc2[nH]c(-c3ccnc(-c4ccccc4Cl)n3)cc21. The van der Waals surface area contributed by atoms with Gasteiger partial charge in [0.25, 0.3) is 5.91 Å². The molecule has 3 heterocycles. The first-order valence-electron chi connectivity index (χ1n) is 7.31. The number of carbonyl (C=O) groups excluding carboxylic acids is 1. The minimum atomic E-state index is -0.0471. The zero-order valence-corrected chi connectivity index (χ0v) is 12.9. The van der Waals surface area contributed by atoms with Crippen LogP contribution in [0.1, 0.15) is 16.1 Å². The minimum absolute atomic E-state index is 0.0471. The van der Waals surface area contributed by atoms with Crippen LogP contribution in [-0.2, 0) is 6.42 Å². The smallest absolute Gasteiger partial charge is 0.253 e. The number of hydrogen-bond acceptors (Lipinski definition) is 3. The predicted octanol–water partition coefficient (Wildman–Crippen LogP) is 3.08. The Labute approximate surface area is 137 Å². The molecule has 1 aliphatic heterocycles. The van der Waals surface area contributed by atoms with Gasteiger partial charge in [0.05, 0.1) is 22.0 Å². The standard InChI is InChI=1S/C17H13ClN4O/c18-12-4-2-1-3-10(12)16-19-7-6-14(22-16)15-9-11-13(21-15)5-8-20-17(11)23/h1-4,6-7,9,21H,5,8H2,(H,20,23). The third-order valence-electron chi connectivity index (χ3n) is 3.85. The normalized spacial score (nSPS) is 13.5. The summed E-state index contributed by atoms with van der Waals surface area (Å²) < 4.78 is 0. The summed E-state index contributed by atoms with van der Waals surface area (Å²) >= 11 is 6.22. The van der Waals surface area contributed by atoms with E-state index >= 15 is 0 Å². The van der Waals surface area contributed by atoms with Gasteiger partial charge < -0.3 is 10.3 Å². The van der Waals surface area contributed by atoms with Gasteiger partial charge in [-0.2, -0.15) is 0 Å². The third kappa shape index (κ3) is 2.49. The van der Waals surface area contributed by atoms with Crippen molar-refractivity contribution < 1.29 is 4.79 Å². The van der Waals surface area contributed by atoms with Gasteiger partial charge >= 0.3 is 0 Å². The van der Waals surface area contributed by atoms with Crippen molar-refractivity contribution in [2.75, 3.05) is 6.54 Å². The van der Waals surface area contributed by atoms with Gasteiger partial charge in [-0.05, 0) is 24.3 Å². The average Bonchev–Trinajstić information content (AvgIpc) is 3.01. The number of hydrogen-bond donors (Lipinski definition) is 2. The lowest BCUT2D eigenvalue weighted by Gasteiger charge is -2.10. The summed E-state index contributed by atoms with van der Waals surface area (Å²) in [7, 11) is 0. The Hall–Kier alpha value is -2.66. The summed E-state index contributed by atoms with van der Waals surface area (Å²) in [5.74, 6) is 0.513. The van der Waals surface area contributed by atoms with Crippen molar-refractivity contribution >= 4 is 17.5 Å². The van der Waals surface area contributed by atoms with E-state index < -0.39 is 0 Å². The van der Waals surface area contributed by atoms with Gasteiger partial charge in [-0.1, -0.05) is 23.7 Å². The van der Waals surface area contributed by atoms with Gasteiger partial charge in [-0.3, -0.25) is 4.79 Å². The molecule has 23 heavy (non-hydrogen) atoms. The molecule has 1 aliphatic rings. The summed E-state index contributed by atoms with van der Waals surface area (Å²) in [6.07, 6.45) is 2.49. The molecule has 4 rings (SSSR count). The summed E-state index contributed by atoms with van der Waals surface area (Å²) in [6, 6.07) is 11.1. The fourth-order valence-corrected chi connectivity index (χ4v) is 2.93. The zero-order chi connectivity index (χ0) is 15.8. The number of nitrogens with one attached hydrogen (secondary N) is 2. The Balaban J connectivity index is 1.78. The third-order valence-corrected chi connectivity index (χ3v) is 4.18. The molecular formula is C17H13ClN4O. The molecule has 6 heteroatoms. The van der Waals surface area contributed by atoms with E-state index in [2.05, 4.69) is 20.3 Å². The van der Waals surface area contributed by atoms with Crippen LogP contribution in [0.4, 0.5) is 0 Å². The maximum absolute atomic E-state index is 11.9. The van der Waals surface area contributed by atoms with E-state index in [4.69, 9.17) is 11.6 Å². The topological polar surface area (TPSA) is 70.7 Å². The van der Waals surface area contributed by atoms with E-state index in [0.29, 0.717) is 23.0 Å². The van der Waals surface area contributed by atoms with E-state index in [0.717, 1.165) is 29.1 Å². The van der Waals surface area contributed by atoms with Crippen molar-refractivity contribution in [3.05, 3.63) is 58.9 Å². The van der Waals surface area contributed by atoms with E-state index in [1.165, 1.54) is 0 Å². The highest BCUT2D eigenvalue weighted by Gasteiger charge is 2.20. The molecule has 0 atom stereocenters. The van der Waals surface area contributed by atoms with Crippen LogP contribution < -0.4 is 5.32 Å². The van der Waals surface area contributed by atoms with Crippen molar-refractivity contribution in [2.24, 2.45) is 0 Å². The van der Waals surface area contributed by atoms with Crippen LogP contribution in [0.15, 0.2) is 42.6 Å². The van der Waals surface area contributed by atoms with Crippen LogP contribution in [0, 0.1) is 0 Å². The monoisotopic (exact) mass is 324 g/mol. The minimum Gasteiger partial charge on any atom is -0.356 e. The van der Waals surface area contributed by atoms with Crippen LogP contribution in [0.5, 0.6) is 0 Å². The number of halogens is 1. The number of H-pyrrole nitrogens is 1. The Morgan fingerprint density at radius 1 is 1.13 bits per heavy atom. The molecule has 2 aromatic heterocycles. The molecule has 0 bridgehead atoms. The Kier molecular flexibility index (Phi) is 3.35. The average molecular weight is 325 g/mol. The fraction of sp³-hybridized carbons (Fsp3) is 0.118. The maximum Gasteiger partial charge on any atom is 0.253 e. The molecule has 1 amide bonds. The first-order chi connectivity index (χ1) is 11.2. The lowest BCUT2D eigenvalue weighted by atomic mass is 10.1. The van der Waals surface area contributed by atoms with Crippen molar-refractivity contribution in [3.8, 4) is 22.8 Å². The van der Waals surface area contributed by atoms with Gasteiger partial charge in [0.2, 0.25) is 0 Å². The largest absolute Gasteiger partial charge is 0.356 e. The van der Waals surface area contributed by atoms with Crippen molar-refractivity contribution in [1.82, 2.24) is 20.3 Å². The number of carbonyl (C=O) groups is 1.